The summed E-state index contributed by atoms with van der Waals surface area (Å²) < 4.78 is 10.6. The van der Waals surface area contributed by atoms with Crippen molar-refractivity contribution in [3.8, 4) is 0 Å². The van der Waals surface area contributed by atoms with Gasteiger partial charge in [0.2, 0.25) is 0 Å². The molecule has 0 bridgehead atoms. The average molecular weight is 393 g/mol. The van der Waals surface area contributed by atoms with E-state index in [0.29, 0.717) is 16.4 Å². The molecule has 0 unspecified atom stereocenters. The lowest BCUT2D eigenvalue weighted by Gasteiger charge is -2.26. The molecule has 1 amide bonds. The highest BCUT2D eigenvalue weighted by molar-refractivity contribution is 8.04. The van der Waals surface area contributed by atoms with Gasteiger partial charge in [0, 0.05) is 30.4 Å². The van der Waals surface area contributed by atoms with Crippen molar-refractivity contribution in [2.24, 2.45) is 0 Å². The zero-order valence-electron chi connectivity index (χ0n) is 14.9. The first-order valence-electron chi connectivity index (χ1n) is 8.39. The third kappa shape index (κ3) is 3.67. The molecule has 0 aromatic carbocycles. The van der Waals surface area contributed by atoms with E-state index >= 15 is 0 Å². The van der Waals surface area contributed by atoms with E-state index in [4.69, 9.17) is 9.15 Å². The summed E-state index contributed by atoms with van der Waals surface area (Å²) in [5, 5.41) is 0. The Bertz CT molecular complexity index is 1050. The number of thioether (sulfide) groups is 1. The Kier molecular flexibility index (Phi) is 4.94. The van der Waals surface area contributed by atoms with Gasteiger partial charge in [0.1, 0.15) is 18.1 Å². The highest BCUT2D eigenvalue weighted by Gasteiger charge is 2.28. The molecule has 1 aliphatic heterocycles. The number of amides is 1. The number of pyridine rings is 2. The summed E-state index contributed by atoms with van der Waals surface area (Å²) in [6.45, 7) is 0.134. The zero-order valence-corrected chi connectivity index (χ0v) is 15.7. The zero-order chi connectivity index (χ0) is 19.5. The average Bonchev–Trinajstić information content (AvgIpc) is 3.23. The quantitative estimate of drug-likeness (QED) is 0.495. The molecule has 0 aliphatic carbocycles. The Labute approximate surface area is 165 Å². The molecule has 140 valence electrons. The van der Waals surface area contributed by atoms with Gasteiger partial charge < -0.3 is 14.1 Å². The van der Waals surface area contributed by atoms with Crippen LogP contribution < -0.4 is 4.90 Å². The third-order valence-electron chi connectivity index (χ3n) is 4.09. The molecule has 4 heterocycles. The van der Waals surface area contributed by atoms with E-state index < -0.39 is 5.97 Å². The maximum Gasteiger partial charge on any atom is 0.357 e. The molecule has 3 aromatic heterocycles. The minimum absolute atomic E-state index is 0.134. The van der Waals surface area contributed by atoms with Crippen LogP contribution in [0.25, 0.3) is 6.08 Å². The maximum absolute atomic E-state index is 12.6. The Morgan fingerprint density at radius 1 is 1.32 bits per heavy atom. The fraction of sp³-hybridized carbons (Fsp3) is 0.100. The van der Waals surface area contributed by atoms with Crippen molar-refractivity contribution in [1.29, 1.82) is 0 Å². The summed E-state index contributed by atoms with van der Waals surface area (Å²) in [4.78, 5) is 35.7. The van der Waals surface area contributed by atoms with Crippen LogP contribution in [-0.4, -0.2) is 28.9 Å². The first-order valence-corrected chi connectivity index (χ1v) is 9.20. The van der Waals surface area contributed by atoms with Gasteiger partial charge in [-0.15, -0.1) is 0 Å². The Morgan fingerprint density at radius 2 is 2.14 bits per heavy atom. The van der Waals surface area contributed by atoms with Gasteiger partial charge in [-0.05, 0) is 35.9 Å². The first-order chi connectivity index (χ1) is 13.6. The number of furan rings is 1. The number of nitrogens with zero attached hydrogens (tertiary/aromatic N) is 3. The Morgan fingerprint density at radius 3 is 2.89 bits per heavy atom. The van der Waals surface area contributed by atoms with Gasteiger partial charge in [0.05, 0.1) is 23.1 Å². The highest BCUT2D eigenvalue weighted by Crippen LogP contribution is 2.41. The topological polar surface area (TPSA) is 85.5 Å². The molecule has 3 aromatic rings. The minimum atomic E-state index is -0.531. The second kappa shape index (κ2) is 7.69. The Balaban J connectivity index is 1.56. The monoisotopic (exact) mass is 393 g/mol. The molecular weight excluding hydrogens is 378 g/mol. The van der Waals surface area contributed by atoms with Crippen LogP contribution in [0, 0.1) is 0 Å². The van der Waals surface area contributed by atoms with Crippen molar-refractivity contribution < 1.29 is 18.7 Å². The minimum Gasteiger partial charge on any atom is -0.465 e. The summed E-state index contributed by atoms with van der Waals surface area (Å²) >= 11 is 1.27. The van der Waals surface area contributed by atoms with Crippen molar-refractivity contribution in [3.05, 3.63) is 77.1 Å². The number of ether oxygens (including phenoxy) is 1. The van der Waals surface area contributed by atoms with Crippen LogP contribution in [0.3, 0.4) is 0 Å². The van der Waals surface area contributed by atoms with Gasteiger partial charge in [-0.2, -0.15) is 0 Å². The molecule has 0 radical (unpaired) electrons. The summed E-state index contributed by atoms with van der Waals surface area (Å²) in [6.07, 6.45) is 8.00. The van der Waals surface area contributed by atoms with E-state index in [2.05, 4.69) is 9.97 Å². The van der Waals surface area contributed by atoms with Gasteiger partial charge in [-0.3, -0.25) is 9.78 Å². The molecule has 0 saturated heterocycles. The van der Waals surface area contributed by atoms with Crippen molar-refractivity contribution in [3.63, 3.8) is 0 Å². The lowest BCUT2D eigenvalue weighted by atomic mass is 10.2. The number of hydrogen-bond acceptors (Lipinski definition) is 7. The first kappa shape index (κ1) is 18.0. The van der Waals surface area contributed by atoms with Crippen LogP contribution in [0.1, 0.15) is 21.8 Å². The van der Waals surface area contributed by atoms with Crippen LogP contribution in [0.2, 0.25) is 0 Å². The highest BCUT2D eigenvalue weighted by atomic mass is 32.2. The van der Waals surface area contributed by atoms with E-state index in [-0.39, 0.29) is 18.2 Å². The molecule has 0 spiro atoms. The van der Waals surface area contributed by atoms with Gasteiger partial charge in [-0.1, -0.05) is 11.8 Å². The largest absolute Gasteiger partial charge is 0.465 e. The third-order valence-corrected chi connectivity index (χ3v) is 5.15. The van der Waals surface area contributed by atoms with E-state index in [0.717, 1.165) is 10.5 Å². The molecule has 0 atom stereocenters. The molecular formula is C20H15N3O4S. The lowest BCUT2D eigenvalue weighted by molar-refractivity contribution is -0.114. The summed E-state index contributed by atoms with van der Waals surface area (Å²) in [7, 11) is 1.67. The molecule has 1 aliphatic rings. The maximum atomic E-state index is 12.6. The lowest BCUT2D eigenvalue weighted by Crippen LogP contribution is -2.30. The van der Waals surface area contributed by atoms with Crippen molar-refractivity contribution in [1.82, 2.24) is 9.97 Å². The molecule has 7 nitrogen and oxygen atoms in total. The molecule has 0 saturated carbocycles. The number of carbonyl (C=O) groups is 2. The van der Waals surface area contributed by atoms with Crippen LogP contribution in [0.4, 0.5) is 5.69 Å². The van der Waals surface area contributed by atoms with Gasteiger partial charge in [0.25, 0.3) is 5.91 Å². The summed E-state index contributed by atoms with van der Waals surface area (Å²) in [5.41, 5.74) is 1.65. The predicted octanol–water partition coefficient (Wildman–Crippen LogP) is 3.54. The molecule has 0 fully saturated rings. The number of anilines is 1. The van der Waals surface area contributed by atoms with Gasteiger partial charge in [-0.25, -0.2) is 9.78 Å². The van der Waals surface area contributed by atoms with Crippen molar-refractivity contribution >= 4 is 35.4 Å². The molecule has 8 heteroatoms. The van der Waals surface area contributed by atoms with Crippen LogP contribution >= 0.6 is 11.8 Å². The van der Waals surface area contributed by atoms with Crippen LogP contribution in [0.5, 0.6) is 0 Å². The van der Waals surface area contributed by atoms with Crippen LogP contribution in [-0.2, 0) is 16.1 Å². The number of hydrogen-bond donors (Lipinski definition) is 0. The van der Waals surface area contributed by atoms with E-state index in [1.165, 1.54) is 22.9 Å². The molecule has 4 rings (SSSR count). The second-order valence-electron chi connectivity index (χ2n) is 5.96. The smallest absolute Gasteiger partial charge is 0.357 e. The van der Waals surface area contributed by atoms with Crippen molar-refractivity contribution in [2.45, 2.75) is 11.5 Å². The van der Waals surface area contributed by atoms with E-state index in [9.17, 15) is 9.59 Å². The fourth-order valence-electron chi connectivity index (χ4n) is 2.61. The fourth-order valence-corrected chi connectivity index (χ4v) is 3.71. The molecule has 0 N–H and O–H groups in total. The molecule has 28 heavy (non-hydrogen) atoms. The van der Waals surface area contributed by atoms with E-state index in [1.807, 2.05) is 0 Å². The predicted molar refractivity (Wildman–Crippen MR) is 104 cm³/mol. The summed E-state index contributed by atoms with van der Waals surface area (Å²) in [5.74, 6) is -0.112. The SMILES string of the molecule is CN1C(=O)C(=Cc2ccco2)Sc2cc(C(=O)OCc3ccncc3)ncc21. The normalized spacial score (nSPS) is 14.8. The Hall–Kier alpha value is -3.39. The number of likely N-dealkylation sites (N-methyl/N-ethyl adjacent to an activating group) is 1. The summed E-state index contributed by atoms with van der Waals surface area (Å²) in [6, 6.07) is 8.70. The van der Waals surface area contributed by atoms with Gasteiger partial charge in [0.15, 0.2) is 0 Å². The van der Waals surface area contributed by atoms with E-state index in [1.54, 1.807) is 62.1 Å². The number of rotatable bonds is 4. The van der Waals surface area contributed by atoms with Gasteiger partial charge >= 0.3 is 5.97 Å². The standard InChI is InChI=1S/C20H15N3O4S/c1-23-16-11-22-15(20(25)27-12-13-4-6-21-7-5-13)10-17(16)28-18(19(23)24)9-14-3-2-8-26-14/h2-11H,12H2,1H3. The number of fused-ring (bicyclic) bond motifs is 1. The second-order valence-corrected chi connectivity index (χ2v) is 7.04. The van der Waals surface area contributed by atoms with Crippen molar-refractivity contribution in [2.75, 3.05) is 11.9 Å². The number of aromatic nitrogens is 2. The number of esters is 1. The number of carbonyl (C=O) groups excluding carboxylic acids is 2. The van der Waals surface area contributed by atoms with Crippen LogP contribution in [0.15, 0.2) is 69.4 Å².